The number of benzene rings is 2. The minimum absolute atomic E-state index is 0.682. The fourth-order valence-corrected chi connectivity index (χ4v) is 3.58. The Hall–Kier alpha value is -3.35. The zero-order chi connectivity index (χ0) is 20.1. The largest absolute Gasteiger partial charge is 0.495 e. The maximum atomic E-state index is 5.51. The molecule has 1 saturated heterocycles. The summed E-state index contributed by atoms with van der Waals surface area (Å²) in [5, 5.41) is 8.48. The van der Waals surface area contributed by atoms with Crippen molar-refractivity contribution in [2.75, 3.05) is 55.0 Å². The molecule has 3 aromatic rings. The van der Waals surface area contributed by atoms with E-state index in [0.717, 1.165) is 50.0 Å². The van der Waals surface area contributed by atoms with Gasteiger partial charge in [-0.1, -0.05) is 42.5 Å². The van der Waals surface area contributed by atoms with Gasteiger partial charge in [-0.05, 0) is 17.7 Å². The Kier molecular flexibility index (Phi) is 5.74. The van der Waals surface area contributed by atoms with Crippen LogP contribution in [0.1, 0.15) is 5.56 Å². The third-order valence-corrected chi connectivity index (χ3v) is 5.18. The van der Waals surface area contributed by atoms with Crippen LogP contribution in [-0.4, -0.2) is 55.5 Å². The van der Waals surface area contributed by atoms with Crippen LogP contribution in [0, 0.1) is 0 Å². The fourth-order valence-electron chi connectivity index (χ4n) is 3.58. The molecule has 0 aliphatic carbocycles. The van der Waals surface area contributed by atoms with Gasteiger partial charge in [-0.3, -0.25) is 0 Å². The van der Waals surface area contributed by atoms with Crippen molar-refractivity contribution in [2.45, 2.75) is 6.54 Å². The number of methoxy groups -OCH3 is 1. The topological polar surface area (TPSA) is 57.6 Å². The van der Waals surface area contributed by atoms with E-state index in [0.29, 0.717) is 5.95 Å². The van der Waals surface area contributed by atoms with Gasteiger partial charge in [0, 0.05) is 39.8 Å². The Morgan fingerprint density at radius 2 is 1.62 bits per heavy atom. The molecule has 7 heteroatoms. The highest BCUT2D eigenvalue weighted by molar-refractivity contribution is 5.59. The number of piperazine rings is 1. The molecule has 150 valence electrons. The van der Waals surface area contributed by atoms with E-state index >= 15 is 0 Å². The summed E-state index contributed by atoms with van der Waals surface area (Å²) in [4.78, 5) is 11.4. The summed E-state index contributed by atoms with van der Waals surface area (Å²) in [6, 6.07) is 18.5. The van der Waals surface area contributed by atoms with Gasteiger partial charge in [-0.25, -0.2) is 0 Å². The number of nitrogens with zero attached hydrogens (tertiary/aromatic N) is 6. The van der Waals surface area contributed by atoms with Crippen LogP contribution in [0.2, 0.25) is 0 Å². The lowest BCUT2D eigenvalue weighted by Crippen LogP contribution is -2.47. The van der Waals surface area contributed by atoms with Crippen LogP contribution in [0.25, 0.3) is 0 Å². The Balaban J connectivity index is 1.42. The van der Waals surface area contributed by atoms with Crippen LogP contribution in [-0.2, 0) is 6.54 Å². The summed E-state index contributed by atoms with van der Waals surface area (Å²) in [6.45, 7) is 4.22. The summed E-state index contributed by atoms with van der Waals surface area (Å²) in [6.07, 6.45) is 1.72. The molecule has 0 radical (unpaired) electrons. The molecular weight excluding hydrogens is 364 g/mol. The van der Waals surface area contributed by atoms with Crippen LogP contribution in [0.3, 0.4) is 0 Å². The summed E-state index contributed by atoms with van der Waals surface area (Å²) < 4.78 is 5.51. The SMILES string of the molecule is COc1ccccc1N1CCN(c2nncc(N(C)Cc3ccccc3)n2)CC1. The normalized spacial score (nSPS) is 14.0. The minimum atomic E-state index is 0.682. The molecule has 0 spiro atoms. The summed E-state index contributed by atoms with van der Waals surface area (Å²) in [5.74, 6) is 2.41. The molecule has 0 amide bonds. The molecule has 4 rings (SSSR count). The number of hydrogen-bond acceptors (Lipinski definition) is 7. The lowest BCUT2D eigenvalue weighted by molar-refractivity contribution is 0.413. The van der Waals surface area contributed by atoms with Crippen molar-refractivity contribution in [1.29, 1.82) is 0 Å². The van der Waals surface area contributed by atoms with E-state index < -0.39 is 0 Å². The van der Waals surface area contributed by atoms with Gasteiger partial charge in [0.2, 0.25) is 5.95 Å². The van der Waals surface area contributed by atoms with Crippen LogP contribution >= 0.6 is 0 Å². The molecule has 29 heavy (non-hydrogen) atoms. The summed E-state index contributed by atoms with van der Waals surface area (Å²) in [5.41, 5.74) is 2.37. The predicted molar refractivity (Wildman–Crippen MR) is 116 cm³/mol. The highest BCUT2D eigenvalue weighted by atomic mass is 16.5. The van der Waals surface area contributed by atoms with Gasteiger partial charge in [0.15, 0.2) is 5.82 Å². The van der Waals surface area contributed by atoms with Gasteiger partial charge in [-0.15, -0.1) is 5.10 Å². The maximum Gasteiger partial charge on any atom is 0.247 e. The summed E-state index contributed by atoms with van der Waals surface area (Å²) in [7, 11) is 3.74. The third kappa shape index (κ3) is 4.39. The Morgan fingerprint density at radius 3 is 2.38 bits per heavy atom. The average Bonchev–Trinajstić information content (AvgIpc) is 2.80. The van der Waals surface area contributed by atoms with Crippen molar-refractivity contribution < 1.29 is 4.74 Å². The van der Waals surface area contributed by atoms with Crippen LogP contribution in [0.4, 0.5) is 17.5 Å². The second-order valence-electron chi connectivity index (χ2n) is 7.10. The standard InChI is InChI=1S/C22H26N6O/c1-26(17-18-8-4-3-5-9-18)21-16-23-25-22(24-21)28-14-12-27(13-15-28)19-10-6-7-11-20(19)29-2/h3-11,16H,12-15,17H2,1-2H3. The molecule has 0 bridgehead atoms. The number of ether oxygens (including phenoxy) is 1. The van der Waals surface area contributed by atoms with Crippen LogP contribution in [0.15, 0.2) is 60.8 Å². The molecule has 0 atom stereocenters. The minimum Gasteiger partial charge on any atom is -0.495 e. The van der Waals surface area contributed by atoms with Gasteiger partial charge in [-0.2, -0.15) is 10.1 Å². The molecule has 7 nitrogen and oxygen atoms in total. The van der Waals surface area contributed by atoms with Crippen molar-refractivity contribution in [2.24, 2.45) is 0 Å². The zero-order valence-corrected chi connectivity index (χ0v) is 16.9. The summed E-state index contributed by atoms with van der Waals surface area (Å²) >= 11 is 0. The van der Waals surface area contributed by atoms with E-state index in [1.807, 2.05) is 43.4 Å². The lowest BCUT2D eigenvalue weighted by atomic mass is 10.2. The van der Waals surface area contributed by atoms with Crippen molar-refractivity contribution in [3.63, 3.8) is 0 Å². The second kappa shape index (κ2) is 8.77. The molecule has 0 unspecified atom stereocenters. The molecule has 0 N–H and O–H groups in total. The number of anilines is 3. The van der Waals surface area contributed by atoms with Gasteiger partial charge < -0.3 is 19.4 Å². The Morgan fingerprint density at radius 1 is 0.931 bits per heavy atom. The molecule has 1 aliphatic heterocycles. The highest BCUT2D eigenvalue weighted by Crippen LogP contribution is 2.28. The molecule has 2 heterocycles. The van der Waals surface area contributed by atoms with E-state index in [1.54, 1.807) is 13.3 Å². The molecule has 1 aromatic heterocycles. The van der Waals surface area contributed by atoms with E-state index in [1.165, 1.54) is 5.56 Å². The Labute approximate surface area is 171 Å². The van der Waals surface area contributed by atoms with Gasteiger partial charge in [0.1, 0.15) is 5.75 Å². The van der Waals surface area contributed by atoms with Crippen LogP contribution < -0.4 is 19.4 Å². The first-order valence-corrected chi connectivity index (χ1v) is 9.82. The van der Waals surface area contributed by atoms with E-state index in [-0.39, 0.29) is 0 Å². The van der Waals surface area contributed by atoms with Gasteiger partial charge in [0.25, 0.3) is 0 Å². The van der Waals surface area contributed by atoms with E-state index in [9.17, 15) is 0 Å². The van der Waals surface area contributed by atoms with Crippen molar-refractivity contribution >= 4 is 17.5 Å². The van der Waals surface area contributed by atoms with Gasteiger partial charge in [0.05, 0.1) is 19.0 Å². The number of aromatic nitrogens is 3. The second-order valence-corrected chi connectivity index (χ2v) is 7.10. The highest BCUT2D eigenvalue weighted by Gasteiger charge is 2.22. The first-order chi connectivity index (χ1) is 14.2. The van der Waals surface area contributed by atoms with Crippen molar-refractivity contribution in [1.82, 2.24) is 15.2 Å². The lowest BCUT2D eigenvalue weighted by Gasteiger charge is -2.36. The quantitative estimate of drug-likeness (QED) is 0.641. The molecular formula is C22H26N6O. The van der Waals surface area contributed by atoms with E-state index in [2.05, 4.69) is 43.1 Å². The molecule has 2 aromatic carbocycles. The molecule has 1 fully saturated rings. The first kappa shape index (κ1) is 19.0. The molecule has 0 saturated carbocycles. The smallest absolute Gasteiger partial charge is 0.247 e. The number of hydrogen-bond donors (Lipinski definition) is 0. The predicted octanol–water partition coefficient (Wildman–Crippen LogP) is 2.84. The number of rotatable bonds is 6. The van der Waals surface area contributed by atoms with Crippen LogP contribution in [0.5, 0.6) is 5.75 Å². The van der Waals surface area contributed by atoms with E-state index in [4.69, 9.17) is 9.72 Å². The Bertz CT molecular complexity index is 927. The van der Waals surface area contributed by atoms with Crippen molar-refractivity contribution in [3.8, 4) is 5.75 Å². The zero-order valence-electron chi connectivity index (χ0n) is 16.9. The maximum absolute atomic E-state index is 5.51. The fraction of sp³-hybridized carbons (Fsp3) is 0.318. The molecule has 1 aliphatic rings. The van der Waals surface area contributed by atoms with Crippen molar-refractivity contribution in [3.05, 3.63) is 66.4 Å². The first-order valence-electron chi connectivity index (χ1n) is 9.82. The third-order valence-electron chi connectivity index (χ3n) is 5.18. The van der Waals surface area contributed by atoms with Gasteiger partial charge >= 0.3 is 0 Å². The number of para-hydroxylation sites is 2. The average molecular weight is 390 g/mol. The monoisotopic (exact) mass is 390 g/mol.